The number of rotatable bonds is 13. The van der Waals surface area contributed by atoms with E-state index in [4.69, 9.17) is 41.7 Å². The van der Waals surface area contributed by atoms with Crippen LogP contribution in [0.15, 0.2) is 54.9 Å². The summed E-state index contributed by atoms with van der Waals surface area (Å²) < 4.78 is 80.0. The van der Waals surface area contributed by atoms with Crippen LogP contribution in [0.3, 0.4) is 0 Å². The van der Waals surface area contributed by atoms with Crippen LogP contribution >= 0.6 is 19.3 Å². The lowest BCUT2D eigenvalue weighted by Gasteiger charge is -2.41. The van der Waals surface area contributed by atoms with Crippen molar-refractivity contribution in [2.45, 2.75) is 75.8 Å². The maximum absolute atomic E-state index is 14.5. The predicted octanol–water partition coefficient (Wildman–Crippen LogP) is 5.28. The molecule has 1 saturated carbocycles. The Morgan fingerprint density at radius 1 is 1.21 bits per heavy atom. The summed E-state index contributed by atoms with van der Waals surface area (Å²) in [4.78, 5) is 26.3. The van der Waals surface area contributed by atoms with Gasteiger partial charge in [-0.1, -0.05) is 29.8 Å². The summed E-state index contributed by atoms with van der Waals surface area (Å²) in [6, 6.07) is 10.6. The number of esters is 1. The van der Waals surface area contributed by atoms with E-state index < -0.39 is 62.1 Å². The first-order chi connectivity index (χ1) is 24.5. The first-order valence-corrected chi connectivity index (χ1v) is 18.2. The number of hydrogen-bond acceptors (Lipinski definition) is 13. The van der Waals surface area contributed by atoms with Gasteiger partial charge in [-0.05, 0) is 63.4 Å². The summed E-state index contributed by atoms with van der Waals surface area (Å²) in [7, 11) is -4.48. The number of aromatic nitrogens is 4. The van der Waals surface area contributed by atoms with Crippen molar-refractivity contribution in [3.05, 3.63) is 71.0 Å². The minimum atomic E-state index is -4.66. The van der Waals surface area contributed by atoms with Crippen molar-refractivity contribution < 1.29 is 46.2 Å². The molecule has 0 radical (unpaired) electrons. The van der Waals surface area contributed by atoms with Crippen LogP contribution in [0.2, 0.25) is 5.02 Å². The smallest absolute Gasteiger partial charge is 0.459 e. The minimum Gasteiger partial charge on any atom is -0.459 e. The van der Waals surface area contributed by atoms with Gasteiger partial charge in [0.25, 0.3) is 0 Å². The predicted molar refractivity (Wildman–Crippen MR) is 183 cm³/mol. The Kier molecular flexibility index (Phi) is 10.5. The zero-order chi connectivity index (χ0) is 37.5. The Morgan fingerprint density at radius 2 is 1.92 bits per heavy atom. The van der Waals surface area contributed by atoms with E-state index in [0.717, 1.165) is 6.07 Å². The monoisotopic (exact) mass is 768 g/mol. The van der Waals surface area contributed by atoms with Crippen LogP contribution in [-0.4, -0.2) is 61.0 Å². The van der Waals surface area contributed by atoms with E-state index in [2.05, 4.69) is 20.0 Å². The molecule has 20 heteroatoms. The fourth-order valence-corrected chi connectivity index (χ4v) is 7.99. The van der Waals surface area contributed by atoms with Crippen molar-refractivity contribution in [2.24, 2.45) is 5.84 Å². The van der Waals surface area contributed by atoms with Crippen LogP contribution in [-0.2, 0) is 36.1 Å². The molecular weight excluding hydrogens is 732 g/mol. The third-order valence-corrected chi connectivity index (χ3v) is 10.8. The van der Waals surface area contributed by atoms with E-state index in [9.17, 15) is 27.6 Å². The molecule has 280 valence electrons. The lowest BCUT2D eigenvalue weighted by molar-refractivity contribution is -0.157. The van der Waals surface area contributed by atoms with E-state index in [-0.39, 0.29) is 48.0 Å². The zero-order valence-electron chi connectivity index (χ0n) is 28.0. The number of nitrogen functional groups attached to an aromatic ring is 1. The first kappa shape index (κ1) is 37.7. The fourth-order valence-electron chi connectivity index (χ4n) is 6.10. The maximum Gasteiger partial charge on any atom is 0.459 e. The molecule has 2 aromatic heterocycles. The van der Waals surface area contributed by atoms with Crippen LogP contribution in [0.4, 0.5) is 24.9 Å². The molecule has 52 heavy (non-hydrogen) atoms. The first-order valence-electron chi connectivity index (χ1n) is 16.2. The molecule has 0 bridgehead atoms. The SMILES string of the molecule is CCN(N)c1nc(N)nc2c1ncn2C1OC(COP(=O)(NC2(C(=O)OCc3ccccc3C(F)(F)F)CCC2)Oc2ccc(Cl)cc2)C[C@@]1(C)O. The number of nitrogens with two attached hydrogens (primary N) is 2. The van der Waals surface area contributed by atoms with Gasteiger partial charge >= 0.3 is 19.9 Å². The summed E-state index contributed by atoms with van der Waals surface area (Å²) >= 11 is 6.02. The Morgan fingerprint density at radius 3 is 2.58 bits per heavy atom. The van der Waals surface area contributed by atoms with E-state index >= 15 is 0 Å². The average molecular weight is 769 g/mol. The number of carbonyl (C=O) groups excluding carboxylic acids is 1. The summed E-state index contributed by atoms with van der Waals surface area (Å²) in [5, 5.41) is 15.9. The molecule has 15 nitrogen and oxygen atoms in total. The van der Waals surface area contributed by atoms with Crippen molar-refractivity contribution in [2.75, 3.05) is 23.9 Å². The number of halogens is 4. The molecule has 1 aliphatic carbocycles. The van der Waals surface area contributed by atoms with E-state index in [1.807, 2.05) is 6.92 Å². The Hall–Kier alpha value is -4.03. The third-order valence-electron chi connectivity index (χ3n) is 8.88. The topological polar surface area (TPSA) is 202 Å². The molecule has 3 heterocycles. The quantitative estimate of drug-likeness (QED) is 0.0592. The molecule has 4 aromatic rings. The van der Waals surface area contributed by atoms with E-state index in [0.29, 0.717) is 23.5 Å². The van der Waals surface area contributed by atoms with Crippen molar-refractivity contribution in [1.29, 1.82) is 0 Å². The van der Waals surface area contributed by atoms with Crippen LogP contribution in [0.5, 0.6) is 5.75 Å². The average Bonchev–Trinajstić information content (AvgIpc) is 3.63. The molecule has 6 N–H and O–H groups in total. The van der Waals surface area contributed by atoms with E-state index in [1.165, 1.54) is 65.3 Å². The fraction of sp³-hybridized carbons (Fsp3) is 0.438. The summed E-state index contributed by atoms with van der Waals surface area (Å²) in [5.41, 5.74) is 2.24. The summed E-state index contributed by atoms with van der Waals surface area (Å²) in [6.07, 6.45) is -4.39. The van der Waals surface area contributed by atoms with Gasteiger partial charge in [-0.3, -0.25) is 18.9 Å². The maximum atomic E-state index is 14.5. The molecule has 1 aliphatic heterocycles. The number of aliphatic hydroxyl groups is 1. The van der Waals surface area contributed by atoms with Gasteiger partial charge in [0.1, 0.15) is 23.5 Å². The highest BCUT2D eigenvalue weighted by Gasteiger charge is 2.53. The number of carbonyl (C=O) groups is 1. The second kappa shape index (κ2) is 14.4. The van der Waals surface area contributed by atoms with Crippen LogP contribution < -0.4 is 26.2 Å². The number of anilines is 2. The van der Waals surface area contributed by atoms with Gasteiger partial charge in [0.15, 0.2) is 23.2 Å². The van der Waals surface area contributed by atoms with Gasteiger partial charge in [0.2, 0.25) is 5.95 Å². The van der Waals surface area contributed by atoms with Crippen molar-refractivity contribution in [3.63, 3.8) is 0 Å². The summed E-state index contributed by atoms with van der Waals surface area (Å²) in [5.74, 6) is 5.43. The van der Waals surface area contributed by atoms with Gasteiger partial charge in [-0.2, -0.15) is 28.2 Å². The molecule has 2 aromatic carbocycles. The van der Waals surface area contributed by atoms with Gasteiger partial charge in [0.05, 0.1) is 24.6 Å². The highest BCUT2D eigenvalue weighted by atomic mass is 35.5. The molecule has 2 fully saturated rings. The Balaban J connectivity index is 1.21. The Bertz CT molecular complexity index is 1980. The number of nitrogens with zero attached hydrogens (tertiary/aromatic N) is 5. The number of hydrogen-bond donors (Lipinski definition) is 4. The molecule has 1 saturated heterocycles. The van der Waals surface area contributed by atoms with Crippen LogP contribution in [0.25, 0.3) is 11.2 Å². The number of alkyl halides is 3. The van der Waals surface area contributed by atoms with Crippen molar-refractivity contribution in [3.8, 4) is 5.75 Å². The van der Waals surface area contributed by atoms with Crippen molar-refractivity contribution in [1.82, 2.24) is 24.6 Å². The highest BCUT2D eigenvalue weighted by molar-refractivity contribution is 7.52. The number of ether oxygens (including phenoxy) is 2. The highest BCUT2D eigenvalue weighted by Crippen LogP contribution is 2.52. The molecule has 6 rings (SSSR count). The second-order valence-corrected chi connectivity index (χ2v) is 14.9. The molecule has 0 amide bonds. The lowest BCUT2D eigenvalue weighted by Crippen LogP contribution is -2.57. The van der Waals surface area contributed by atoms with Gasteiger partial charge in [-0.25, -0.2) is 15.4 Å². The minimum absolute atomic E-state index is 0.00448. The van der Waals surface area contributed by atoms with Crippen LogP contribution in [0.1, 0.15) is 56.9 Å². The van der Waals surface area contributed by atoms with Crippen molar-refractivity contribution >= 4 is 48.2 Å². The largest absolute Gasteiger partial charge is 0.459 e. The summed E-state index contributed by atoms with van der Waals surface area (Å²) in [6.45, 7) is 2.68. The molecular formula is C32H37ClF3N8O7P. The molecule has 2 aliphatic rings. The molecule has 3 unspecified atom stereocenters. The number of fused-ring (bicyclic) bond motifs is 1. The van der Waals surface area contributed by atoms with Gasteiger partial charge in [-0.15, -0.1) is 0 Å². The number of hydrazine groups is 1. The number of imidazole rings is 1. The Labute approximate surface area is 300 Å². The number of benzene rings is 2. The lowest BCUT2D eigenvalue weighted by atomic mass is 9.78. The third kappa shape index (κ3) is 7.83. The van der Waals surface area contributed by atoms with E-state index in [1.54, 1.807) is 0 Å². The molecule has 0 spiro atoms. The number of nitrogens with one attached hydrogen (secondary N) is 1. The second-order valence-electron chi connectivity index (χ2n) is 12.8. The normalized spacial score (nSPS) is 22.5. The standard InChI is InChI=1S/C32H37ClF3N8O7P/c1-3-44(38)26-24-25(40-29(37)41-26)43(18-39-24)27-30(2,46)15-22(50-27)17-49-52(47,51-21-11-9-20(33)10-12-21)42-31(13-6-14-31)28(45)48-16-19-7-4-5-8-23(19)32(34,35)36/h4-5,7-12,18,22,27,46H,3,6,13-17,38H2,1-2H3,(H,42,47)(H2,37,40,41)/t22?,27?,30-,52?/m1/s1. The molecule has 4 atom stereocenters. The van der Waals surface area contributed by atoms with Gasteiger partial charge in [0, 0.05) is 23.6 Å². The van der Waals surface area contributed by atoms with Gasteiger partial charge < -0.3 is 24.8 Å². The zero-order valence-corrected chi connectivity index (χ0v) is 29.7. The van der Waals surface area contributed by atoms with Crippen LogP contribution in [0, 0.1) is 0 Å².